The Bertz CT molecular complexity index is 890. The standard InChI is InChI=1S/C15H15N7O2S/c1-9(13(16)23)22-8-11(18-21-22)14(24)17-7-12-19-20-15(25-12)10-5-3-2-4-6-10/h2-6,8-9H,7H2,1H3,(H2,16,23)(H,17,24). The molecule has 1 unspecified atom stereocenters. The van der Waals surface area contributed by atoms with Crippen LogP contribution in [0.2, 0.25) is 0 Å². The van der Waals surface area contributed by atoms with E-state index < -0.39 is 17.9 Å². The first-order chi connectivity index (χ1) is 12.0. The fourth-order valence-corrected chi connectivity index (χ4v) is 2.75. The summed E-state index contributed by atoms with van der Waals surface area (Å²) in [6.07, 6.45) is 1.38. The van der Waals surface area contributed by atoms with Crippen LogP contribution in [0.4, 0.5) is 0 Å². The van der Waals surface area contributed by atoms with Gasteiger partial charge in [-0.3, -0.25) is 9.59 Å². The highest BCUT2D eigenvalue weighted by Gasteiger charge is 2.17. The first-order valence-electron chi connectivity index (χ1n) is 7.41. The molecule has 0 bridgehead atoms. The third-order valence-corrected chi connectivity index (χ3v) is 4.41. The van der Waals surface area contributed by atoms with Gasteiger partial charge >= 0.3 is 0 Å². The summed E-state index contributed by atoms with van der Waals surface area (Å²) in [6, 6.07) is 8.99. The van der Waals surface area contributed by atoms with Crippen LogP contribution >= 0.6 is 11.3 Å². The van der Waals surface area contributed by atoms with E-state index in [0.29, 0.717) is 5.01 Å². The first-order valence-corrected chi connectivity index (χ1v) is 8.23. The number of hydrogen-bond donors (Lipinski definition) is 2. The third kappa shape index (κ3) is 3.86. The highest BCUT2D eigenvalue weighted by atomic mass is 32.1. The molecule has 0 aliphatic carbocycles. The molecule has 3 rings (SSSR count). The number of nitrogens with two attached hydrogens (primary N) is 1. The Morgan fingerprint density at radius 3 is 2.72 bits per heavy atom. The van der Waals surface area contributed by atoms with Gasteiger partial charge in [0.1, 0.15) is 16.1 Å². The molecular weight excluding hydrogens is 342 g/mol. The third-order valence-electron chi connectivity index (χ3n) is 3.44. The van der Waals surface area contributed by atoms with E-state index in [4.69, 9.17) is 5.73 Å². The molecule has 3 aromatic rings. The van der Waals surface area contributed by atoms with Crippen molar-refractivity contribution in [2.24, 2.45) is 5.73 Å². The normalized spacial score (nSPS) is 11.9. The molecule has 25 heavy (non-hydrogen) atoms. The molecular formula is C15H15N7O2S. The van der Waals surface area contributed by atoms with Crippen molar-refractivity contribution in [2.75, 3.05) is 0 Å². The molecule has 0 spiro atoms. The molecule has 9 nitrogen and oxygen atoms in total. The monoisotopic (exact) mass is 357 g/mol. The van der Waals surface area contributed by atoms with Crippen LogP contribution in [0.15, 0.2) is 36.5 Å². The topological polar surface area (TPSA) is 129 Å². The van der Waals surface area contributed by atoms with Gasteiger partial charge in [-0.25, -0.2) is 4.68 Å². The van der Waals surface area contributed by atoms with Crippen molar-refractivity contribution in [3.8, 4) is 10.6 Å². The zero-order valence-corrected chi connectivity index (χ0v) is 14.1. The summed E-state index contributed by atoms with van der Waals surface area (Å²) in [5.74, 6) is -0.974. The molecule has 0 saturated heterocycles. The summed E-state index contributed by atoms with van der Waals surface area (Å²) in [5, 5.41) is 19.8. The molecule has 2 heterocycles. The summed E-state index contributed by atoms with van der Waals surface area (Å²) >= 11 is 1.40. The van der Waals surface area contributed by atoms with Gasteiger partial charge in [-0.05, 0) is 6.92 Å². The number of nitrogens with one attached hydrogen (secondary N) is 1. The van der Waals surface area contributed by atoms with E-state index in [0.717, 1.165) is 10.6 Å². The van der Waals surface area contributed by atoms with Crippen LogP contribution in [0.25, 0.3) is 10.6 Å². The highest BCUT2D eigenvalue weighted by Crippen LogP contribution is 2.22. The molecule has 128 valence electrons. The van der Waals surface area contributed by atoms with Gasteiger partial charge in [-0.2, -0.15) is 0 Å². The maximum absolute atomic E-state index is 12.1. The van der Waals surface area contributed by atoms with Crippen LogP contribution in [0.1, 0.15) is 28.5 Å². The lowest BCUT2D eigenvalue weighted by Gasteiger charge is -2.04. The lowest BCUT2D eigenvalue weighted by molar-refractivity contribution is -0.120. The van der Waals surface area contributed by atoms with Crippen molar-refractivity contribution in [2.45, 2.75) is 19.5 Å². The Morgan fingerprint density at radius 1 is 1.24 bits per heavy atom. The van der Waals surface area contributed by atoms with Gasteiger partial charge in [-0.15, -0.1) is 15.3 Å². The molecule has 10 heteroatoms. The second-order valence-electron chi connectivity index (χ2n) is 5.21. The molecule has 0 radical (unpaired) electrons. The molecule has 3 N–H and O–H groups in total. The van der Waals surface area contributed by atoms with E-state index in [1.165, 1.54) is 22.2 Å². The number of carbonyl (C=O) groups is 2. The van der Waals surface area contributed by atoms with E-state index in [9.17, 15) is 9.59 Å². The van der Waals surface area contributed by atoms with Crippen molar-refractivity contribution < 1.29 is 9.59 Å². The van der Waals surface area contributed by atoms with Crippen molar-refractivity contribution >= 4 is 23.2 Å². The Morgan fingerprint density at radius 2 is 2.00 bits per heavy atom. The summed E-state index contributed by atoms with van der Waals surface area (Å²) in [6.45, 7) is 1.80. The number of primary amides is 1. The predicted molar refractivity (Wildman–Crippen MR) is 90.4 cm³/mol. The number of hydrogen-bond acceptors (Lipinski definition) is 7. The minimum Gasteiger partial charge on any atom is -0.368 e. The molecule has 0 fully saturated rings. The van der Waals surface area contributed by atoms with Crippen LogP contribution < -0.4 is 11.1 Å². The van der Waals surface area contributed by atoms with Crippen LogP contribution in [-0.4, -0.2) is 37.0 Å². The highest BCUT2D eigenvalue weighted by molar-refractivity contribution is 7.14. The van der Waals surface area contributed by atoms with Gasteiger partial charge in [0, 0.05) is 5.56 Å². The van der Waals surface area contributed by atoms with Crippen molar-refractivity contribution in [1.29, 1.82) is 0 Å². The summed E-state index contributed by atoms with van der Waals surface area (Å²) in [4.78, 5) is 23.2. The second-order valence-corrected chi connectivity index (χ2v) is 6.27. The minimum atomic E-state index is -0.675. The zero-order valence-electron chi connectivity index (χ0n) is 13.3. The zero-order chi connectivity index (χ0) is 17.8. The van der Waals surface area contributed by atoms with Crippen LogP contribution in [0.3, 0.4) is 0 Å². The van der Waals surface area contributed by atoms with Crippen LogP contribution in [0, 0.1) is 0 Å². The van der Waals surface area contributed by atoms with Crippen molar-refractivity contribution in [3.63, 3.8) is 0 Å². The van der Waals surface area contributed by atoms with Gasteiger partial charge in [-0.1, -0.05) is 46.9 Å². The first kappa shape index (κ1) is 16.7. The van der Waals surface area contributed by atoms with E-state index in [1.807, 2.05) is 30.3 Å². The molecule has 0 aliphatic heterocycles. The summed E-state index contributed by atoms with van der Waals surface area (Å²) < 4.78 is 1.25. The number of benzene rings is 1. The Labute approximate surface area is 146 Å². The van der Waals surface area contributed by atoms with E-state index >= 15 is 0 Å². The minimum absolute atomic E-state index is 0.0981. The Hall–Kier alpha value is -3.14. The largest absolute Gasteiger partial charge is 0.368 e. The molecule has 2 aromatic heterocycles. The quantitative estimate of drug-likeness (QED) is 0.670. The fourth-order valence-electron chi connectivity index (χ4n) is 1.97. The maximum Gasteiger partial charge on any atom is 0.273 e. The van der Waals surface area contributed by atoms with Crippen LogP contribution in [0.5, 0.6) is 0 Å². The fraction of sp³-hybridized carbons (Fsp3) is 0.200. The van der Waals surface area contributed by atoms with Gasteiger partial charge in [0.2, 0.25) is 5.91 Å². The van der Waals surface area contributed by atoms with E-state index in [-0.39, 0.29) is 12.2 Å². The number of amides is 2. The lowest BCUT2D eigenvalue weighted by atomic mass is 10.2. The van der Waals surface area contributed by atoms with Crippen molar-refractivity contribution in [3.05, 3.63) is 47.2 Å². The molecule has 0 aliphatic rings. The SMILES string of the molecule is CC(C(N)=O)n1cc(C(=O)NCc2nnc(-c3ccccc3)s2)nn1. The van der Waals surface area contributed by atoms with Gasteiger partial charge in [0.05, 0.1) is 12.7 Å². The smallest absolute Gasteiger partial charge is 0.273 e. The maximum atomic E-state index is 12.1. The van der Waals surface area contributed by atoms with Crippen LogP contribution in [-0.2, 0) is 11.3 Å². The number of aromatic nitrogens is 5. The van der Waals surface area contributed by atoms with E-state index in [2.05, 4.69) is 25.8 Å². The average Bonchev–Trinajstić information content (AvgIpc) is 3.29. The van der Waals surface area contributed by atoms with E-state index in [1.54, 1.807) is 6.92 Å². The molecule has 0 saturated carbocycles. The van der Waals surface area contributed by atoms with Gasteiger partial charge in [0.25, 0.3) is 5.91 Å². The van der Waals surface area contributed by atoms with Gasteiger partial charge in [0.15, 0.2) is 5.69 Å². The Kier molecular flexibility index (Phi) is 4.80. The molecule has 1 atom stereocenters. The second kappa shape index (κ2) is 7.18. The number of rotatable bonds is 6. The summed E-state index contributed by atoms with van der Waals surface area (Å²) in [7, 11) is 0. The predicted octanol–water partition coefficient (Wildman–Crippen LogP) is 0.773. The lowest BCUT2D eigenvalue weighted by Crippen LogP contribution is -2.25. The molecule has 2 amide bonds. The number of carbonyl (C=O) groups excluding carboxylic acids is 2. The Balaban J connectivity index is 1.61. The summed E-state index contributed by atoms with van der Waals surface area (Å²) in [5.41, 5.74) is 6.27. The molecule has 1 aromatic carbocycles. The average molecular weight is 357 g/mol. The number of nitrogens with zero attached hydrogens (tertiary/aromatic N) is 5. The van der Waals surface area contributed by atoms with Crippen molar-refractivity contribution in [1.82, 2.24) is 30.5 Å². The van der Waals surface area contributed by atoms with Gasteiger partial charge < -0.3 is 11.1 Å².